The van der Waals surface area contributed by atoms with E-state index in [0.717, 1.165) is 5.75 Å². The zero-order chi connectivity index (χ0) is 9.97. The quantitative estimate of drug-likeness (QED) is 0.862. The van der Waals surface area contributed by atoms with Crippen LogP contribution in [0.4, 0.5) is 0 Å². The van der Waals surface area contributed by atoms with Crippen LogP contribution in [0.1, 0.15) is 30.9 Å². The van der Waals surface area contributed by atoms with E-state index in [0.29, 0.717) is 5.92 Å². The van der Waals surface area contributed by atoms with Crippen LogP contribution in [0.15, 0.2) is 24.3 Å². The summed E-state index contributed by atoms with van der Waals surface area (Å²) in [6.07, 6.45) is 3.89. The zero-order valence-electron chi connectivity index (χ0n) is 8.98. The van der Waals surface area contributed by atoms with Gasteiger partial charge in [-0.25, -0.2) is 0 Å². The van der Waals surface area contributed by atoms with Crippen LogP contribution < -0.4 is 10.5 Å². The minimum Gasteiger partial charge on any atom is -0.497 e. The highest BCUT2D eigenvalue weighted by Crippen LogP contribution is 2.36. The van der Waals surface area contributed by atoms with Gasteiger partial charge >= 0.3 is 0 Å². The second kappa shape index (κ2) is 5.38. The van der Waals surface area contributed by atoms with Crippen molar-refractivity contribution in [3.8, 4) is 5.75 Å². The fourth-order valence-electron chi connectivity index (χ4n) is 1.92. The highest BCUT2D eigenvalue weighted by Gasteiger charge is 2.25. The molecule has 0 radical (unpaired) electrons. The number of nitrogens with two attached hydrogens (primary N) is 1. The predicted octanol–water partition coefficient (Wildman–Crippen LogP) is 2.92. The average molecular weight is 228 g/mol. The van der Waals surface area contributed by atoms with E-state index in [-0.39, 0.29) is 18.4 Å². The fourth-order valence-corrected chi connectivity index (χ4v) is 1.92. The second-order valence-corrected chi connectivity index (χ2v) is 3.99. The van der Waals surface area contributed by atoms with E-state index in [1.165, 1.54) is 24.8 Å². The predicted molar refractivity (Wildman–Crippen MR) is 64.5 cm³/mol. The number of ether oxygens (including phenoxy) is 1. The molecule has 1 aromatic carbocycles. The van der Waals surface area contributed by atoms with E-state index < -0.39 is 0 Å². The summed E-state index contributed by atoms with van der Waals surface area (Å²) in [6, 6.07) is 8.29. The minimum absolute atomic E-state index is 0. The fraction of sp³-hybridized carbons (Fsp3) is 0.500. The lowest BCUT2D eigenvalue weighted by atomic mass is 9.77. The third-order valence-corrected chi connectivity index (χ3v) is 3.14. The first-order valence-corrected chi connectivity index (χ1v) is 5.21. The van der Waals surface area contributed by atoms with Gasteiger partial charge in [0.05, 0.1) is 7.11 Å². The van der Waals surface area contributed by atoms with Gasteiger partial charge in [-0.2, -0.15) is 0 Å². The summed E-state index contributed by atoms with van der Waals surface area (Å²) >= 11 is 0. The van der Waals surface area contributed by atoms with Crippen molar-refractivity contribution in [3.63, 3.8) is 0 Å². The van der Waals surface area contributed by atoms with Gasteiger partial charge in [0.15, 0.2) is 0 Å². The molecule has 1 fully saturated rings. The molecule has 0 heterocycles. The average Bonchev–Trinajstić information content (AvgIpc) is 2.15. The van der Waals surface area contributed by atoms with Gasteiger partial charge in [-0.3, -0.25) is 0 Å². The molecule has 0 aliphatic heterocycles. The van der Waals surface area contributed by atoms with Crippen molar-refractivity contribution in [2.45, 2.75) is 25.3 Å². The summed E-state index contributed by atoms with van der Waals surface area (Å²) in [5.41, 5.74) is 7.37. The Morgan fingerprint density at radius 1 is 1.40 bits per heavy atom. The van der Waals surface area contributed by atoms with Gasteiger partial charge in [-0.15, -0.1) is 12.4 Å². The van der Waals surface area contributed by atoms with Crippen molar-refractivity contribution in [1.29, 1.82) is 0 Å². The third kappa shape index (κ3) is 2.64. The molecule has 1 aromatic rings. The van der Waals surface area contributed by atoms with Gasteiger partial charge in [-0.05, 0) is 36.5 Å². The van der Waals surface area contributed by atoms with Gasteiger partial charge < -0.3 is 10.5 Å². The maximum absolute atomic E-state index is 6.17. The SMILES string of the molecule is COc1cccc([C@H](N)C2CCC2)c1.Cl. The van der Waals surface area contributed by atoms with Crippen LogP contribution >= 0.6 is 12.4 Å². The first kappa shape index (κ1) is 12.3. The molecule has 0 aromatic heterocycles. The highest BCUT2D eigenvalue weighted by molar-refractivity contribution is 5.85. The molecule has 1 atom stereocenters. The Balaban J connectivity index is 0.00000112. The van der Waals surface area contributed by atoms with Gasteiger partial charge in [0.2, 0.25) is 0 Å². The van der Waals surface area contributed by atoms with Gasteiger partial charge in [0.25, 0.3) is 0 Å². The minimum atomic E-state index is 0. The molecule has 2 N–H and O–H groups in total. The van der Waals surface area contributed by atoms with Crippen molar-refractivity contribution >= 4 is 12.4 Å². The lowest BCUT2D eigenvalue weighted by Crippen LogP contribution is -2.26. The Morgan fingerprint density at radius 3 is 2.67 bits per heavy atom. The van der Waals surface area contributed by atoms with E-state index in [2.05, 4.69) is 6.07 Å². The molecule has 0 saturated heterocycles. The topological polar surface area (TPSA) is 35.2 Å². The summed E-state index contributed by atoms with van der Waals surface area (Å²) in [4.78, 5) is 0. The van der Waals surface area contributed by atoms with Crippen LogP contribution in [0, 0.1) is 5.92 Å². The molecule has 1 aliphatic rings. The van der Waals surface area contributed by atoms with Crippen LogP contribution in [0.5, 0.6) is 5.75 Å². The number of hydrogen-bond donors (Lipinski definition) is 1. The molecule has 0 spiro atoms. The standard InChI is InChI=1S/C12H17NO.ClH/c1-14-11-7-3-6-10(8-11)12(13)9-4-2-5-9;/h3,6-9,12H,2,4-5,13H2,1H3;1H/t12-;/m1./s1. The van der Waals surface area contributed by atoms with E-state index >= 15 is 0 Å². The highest BCUT2D eigenvalue weighted by atomic mass is 35.5. The Labute approximate surface area is 97.2 Å². The third-order valence-electron chi connectivity index (χ3n) is 3.14. The maximum atomic E-state index is 6.17. The van der Waals surface area contributed by atoms with Gasteiger partial charge in [0.1, 0.15) is 5.75 Å². The van der Waals surface area contributed by atoms with Crippen molar-refractivity contribution in [1.82, 2.24) is 0 Å². The molecule has 1 aliphatic carbocycles. The van der Waals surface area contributed by atoms with E-state index in [9.17, 15) is 0 Å². The molecule has 2 rings (SSSR count). The molecule has 15 heavy (non-hydrogen) atoms. The van der Waals surface area contributed by atoms with Crippen molar-refractivity contribution < 1.29 is 4.74 Å². The van der Waals surface area contributed by atoms with Crippen molar-refractivity contribution in [2.75, 3.05) is 7.11 Å². The zero-order valence-corrected chi connectivity index (χ0v) is 9.80. The van der Waals surface area contributed by atoms with Crippen LogP contribution in [0.25, 0.3) is 0 Å². The number of halogens is 1. The molecule has 3 heteroatoms. The molecule has 1 saturated carbocycles. The lowest BCUT2D eigenvalue weighted by Gasteiger charge is -2.31. The summed E-state index contributed by atoms with van der Waals surface area (Å²) < 4.78 is 5.18. The van der Waals surface area contributed by atoms with E-state index in [4.69, 9.17) is 10.5 Å². The summed E-state index contributed by atoms with van der Waals surface area (Å²) in [7, 11) is 1.69. The van der Waals surface area contributed by atoms with E-state index in [1.807, 2.05) is 18.2 Å². The molecule has 0 amide bonds. The molecule has 0 unspecified atom stereocenters. The normalized spacial score (nSPS) is 17.5. The largest absolute Gasteiger partial charge is 0.497 e. The second-order valence-electron chi connectivity index (χ2n) is 3.99. The first-order valence-electron chi connectivity index (χ1n) is 5.21. The number of methoxy groups -OCH3 is 1. The monoisotopic (exact) mass is 227 g/mol. The van der Waals surface area contributed by atoms with Gasteiger partial charge in [0, 0.05) is 6.04 Å². The number of hydrogen-bond acceptors (Lipinski definition) is 2. The van der Waals surface area contributed by atoms with Crippen LogP contribution in [0.2, 0.25) is 0 Å². The molecular weight excluding hydrogens is 210 g/mol. The van der Waals surface area contributed by atoms with Crippen molar-refractivity contribution in [2.24, 2.45) is 11.7 Å². The summed E-state index contributed by atoms with van der Waals surface area (Å²) in [5, 5.41) is 0. The Hall–Kier alpha value is -0.730. The van der Waals surface area contributed by atoms with Crippen LogP contribution in [0.3, 0.4) is 0 Å². The summed E-state index contributed by atoms with van der Waals surface area (Å²) in [6.45, 7) is 0. The van der Waals surface area contributed by atoms with Crippen LogP contribution in [-0.2, 0) is 0 Å². The maximum Gasteiger partial charge on any atom is 0.119 e. The Morgan fingerprint density at radius 2 is 2.13 bits per heavy atom. The lowest BCUT2D eigenvalue weighted by molar-refractivity contribution is 0.264. The van der Waals surface area contributed by atoms with Gasteiger partial charge in [-0.1, -0.05) is 18.6 Å². The Kier molecular flexibility index (Phi) is 4.43. The molecule has 2 nitrogen and oxygen atoms in total. The van der Waals surface area contributed by atoms with Crippen LogP contribution in [-0.4, -0.2) is 7.11 Å². The number of benzene rings is 1. The Bertz CT molecular complexity index is 312. The number of rotatable bonds is 3. The van der Waals surface area contributed by atoms with E-state index in [1.54, 1.807) is 7.11 Å². The first-order chi connectivity index (χ1) is 6.81. The van der Waals surface area contributed by atoms with Crippen molar-refractivity contribution in [3.05, 3.63) is 29.8 Å². The summed E-state index contributed by atoms with van der Waals surface area (Å²) in [5.74, 6) is 1.58. The smallest absolute Gasteiger partial charge is 0.119 e. The molecule has 0 bridgehead atoms. The molecule has 84 valence electrons. The molecular formula is C12H18ClNO.